The Bertz CT molecular complexity index is 818. The van der Waals surface area contributed by atoms with Gasteiger partial charge in [0, 0.05) is 12.2 Å². The van der Waals surface area contributed by atoms with Crippen molar-refractivity contribution in [2.75, 3.05) is 25.0 Å². The highest BCUT2D eigenvalue weighted by Crippen LogP contribution is 2.23. The molecule has 8 heteroatoms. The number of carbonyl (C=O) groups is 1. The lowest BCUT2D eigenvalue weighted by Crippen LogP contribution is -2.40. The van der Waals surface area contributed by atoms with E-state index in [1.807, 2.05) is 23.7 Å². The number of nitrogens with one attached hydrogen (secondary N) is 1. The molecule has 1 aromatic carbocycles. The van der Waals surface area contributed by atoms with Gasteiger partial charge in [-0.15, -0.1) is 5.10 Å². The Balaban J connectivity index is 1.64. The maximum atomic E-state index is 12.0. The van der Waals surface area contributed by atoms with E-state index in [-0.39, 0.29) is 11.9 Å². The number of aryl methyl sites for hydroxylation is 1. The number of anilines is 2. The Labute approximate surface area is 162 Å². The fraction of sp³-hybridized carbons (Fsp3) is 0.500. The molecule has 0 radical (unpaired) electrons. The molecule has 0 saturated carbocycles. The highest BCUT2D eigenvalue weighted by Gasteiger charge is 2.27. The van der Waals surface area contributed by atoms with Crippen molar-refractivity contribution >= 4 is 40.3 Å². The first kappa shape index (κ1) is 19.0. The van der Waals surface area contributed by atoms with E-state index in [4.69, 9.17) is 17.0 Å². The highest BCUT2D eigenvalue weighted by molar-refractivity contribution is 7.73. The zero-order valence-corrected chi connectivity index (χ0v) is 16.7. The van der Waals surface area contributed by atoms with Crippen LogP contribution in [0.1, 0.15) is 25.3 Å². The van der Waals surface area contributed by atoms with Crippen LogP contribution in [0.25, 0.3) is 0 Å². The summed E-state index contributed by atoms with van der Waals surface area (Å²) in [6.45, 7) is 6.56. The minimum atomic E-state index is -0.0964. The third kappa shape index (κ3) is 4.90. The molecule has 26 heavy (non-hydrogen) atoms. The predicted molar refractivity (Wildman–Crippen MR) is 106 cm³/mol. The van der Waals surface area contributed by atoms with E-state index in [0.717, 1.165) is 34.2 Å². The lowest BCUT2D eigenvalue weighted by atomic mass is 9.99. The first-order valence-electron chi connectivity index (χ1n) is 8.86. The summed E-state index contributed by atoms with van der Waals surface area (Å²) in [6, 6.07) is 8.15. The van der Waals surface area contributed by atoms with Gasteiger partial charge < -0.3 is 10.1 Å². The number of aromatic nitrogens is 2. The van der Waals surface area contributed by atoms with Crippen molar-refractivity contribution in [2.24, 2.45) is 5.92 Å². The third-order valence-electron chi connectivity index (χ3n) is 4.34. The van der Waals surface area contributed by atoms with Gasteiger partial charge in [-0.05, 0) is 63.1 Å². The topological polar surface area (TPSA) is 59.4 Å². The fourth-order valence-electron chi connectivity index (χ4n) is 3.12. The lowest BCUT2D eigenvalue weighted by molar-refractivity contribution is -0.150. The monoisotopic (exact) mass is 392 g/mol. The van der Waals surface area contributed by atoms with Crippen LogP contribution >= 0.6 is 23.6 Å². The summed E-state index contributed by atoms with van der Waals surface area (Å²) in [5.41, 5.74) is 2.19. The van der Waals surface area contributed by atoms with Crippen molar-refractivity contribution in [2.45, 2.75) is 33.4 Å². The zero-order valence-electron chi connectivity index (χ0n) is 15.1. The second-order valence-electron chi connectivity index (χ2n) is 6.48. The standard InChI is InChI=1S/C18H24N4O2S2/c1-3-24-16(23)14-7-5-9-21(11-14)12-22-18(25)26-17(20-22)19-15-8-4-6-13(2)10-15/h4,6,8,10,14H,3,5,7,9,11-12H2,1-2H3,(H,19,20)/t14-/m1/s1. The van der Waals surface area contributed by atoms with Crippen LogP contribution in [0.4, 0.5) is 10.8 Å². The molecular weight excluding hydrogens is 368 g/mol. The Morgan fingerprint density at radius 2 is 2.35 bits per heavy atom. The number of hydrogen-bond donors (Lipinski definition) is 1. The van der Waals surface area contributed by atoms with Gasteiger partial charge in [-0.3, -0.25) is 9.69 Å². The molecule has 1 atom stereocenters. The van der Waals surface area contributed by atoms with E-state index >= 15 is 0 Å². The second-order valence-corrected chi connectivity index (χ2v) is 8.10. The molecule has 1 fully saturated rings. The van der Waals surface area contributed by atoms with Crippen molar-refractivity contribution in [3.05, 3.63) is 33.8 Å². The van der Waals surface area contributed by atoms with Crippen molar-refractivity contribution < 1.29 is 9.53 Å². The number of rotatable bonds is 6. The van der Waals surface area contributed by atoms with Crippen LogP contribution in [0.5, 0.6) is 0 Å². The van der Waals surface area contributed by atoms with Gasteiger partial charge in [-0.1, -0.05) is 23.5 Å². The Morgan fingerprint density at radius 3 is 3.12 bits per heavy atom. The number of likely N-dealkylation sites (tertiary alicyclic amines) is 1. The van der Waals surface area contributed by atoms with Crippen LogP contribution in [0.15, 0.2) is 24.3 Å². The second kappa shape index (κ2) is 8.75. The molecule has 0 aliphatic carbocycles. The Morgan fingerprint density at radius 1 is 1.50 bits per heavy atom. The summed E-state index contributed by atoms with van der Waals surface area (Å²) in [5, 5.41) is 8.69. The maximum absolute atomic E-state index is 12.0. The summed E-state index contributed by atoms with van der Waals surface area (Å²) in [4.78, 5) is 14.2. The smallest absolute Gasteiger partial charge is 0.310 e. The molecule has 2 aromatic rings. The van der Waals surface area contributed by atoms with Gasteiger partial charge in [0.1, 0.15) is 0 Å². The number of ether oxygens (including phenoxy) is 1. The van der Waals surface area contributed by atoms with Crippen LogP contribution in [0.3, 0.4) is 0 Å². The average molecular weight is 393 g/mol. The molecule has 0 spiro atoms. The molecule has 0 amide bonds. The van der Waals surface area contributed by atoms with E-state index in [1.165, 1.54) is 16.9 Å². The quantitative estimate of drug-likeness (QED) is 0.593. The molecule has 6 nitrogen and oxygen atoms in total. The number of nitrogens with zero attached hydrogens (tertiary/aromatic N) is 3. The molecule has 1 N–H and O–H groups in total. The Kier molecular flexibility index (Phi) is 6.39. The minimum absolute atomic E-state index is 0.0543. The molecule has 3 rings (SSSR count). The van der Waals surface area contributed by atoms with Crippen molar-refractivity contribution in [3.63, 3.8) is 0 Å². The van der Waals surface area contributed by atoms with Crippen LogP contribution in [0.2, 0.25) is 0 Å². The normalized spacial score (nSPS) is 17.8. The fourth-order valence-corrected chi connectivity index (χ4v) is 4.13. The van der Waals surface area contributed by atoms with Gasteiger partial charge in [-0.2, -0.15) is 0 Å². The number of hydrogen-bond acceptors (Lipinski definition) is 7. The number of esters is 1. The van der Waals surface area contributed by atoms with E-state index in [0.29, 0.717) is 19.8 Å². The first-order valence-corrected chi connectivity index (χ1v) is 10.1. The molecular formula is C18H24N4O2S2. The minimum Gasteiger partial charge on any atom is -0.466 e. The van der Waals surface area contributed by atoms with E-state index in [9.17, 15) is 4.79 Å². The van der Waals surface area contributed by atoms with Gasteiger partial charge in [0.2, 0.25) is 5.13 Å². The van der Waals surface area contributed by atoms with Gasteiger partial charge >= 0.3 is 5.97 Å². The summed E-state index contributed by atoms with van der Waals surface area (Å²) in [5.74, 6) is -0.151. The molecule has 140 valence electrons. The SMILES string of the molecule is CCOC(=O)[C@@H]1CCCN(Cn2nc(Nc3cccc(C)c3)sc2=S)C1. The molecule has 1 aromatic heterocycles. The van der Waals surface area contributed by atoms with Gasteiger partial charge in [0.05, 0.1) is 19.2 Å². The Hall–Kier alpha value is -1.77. The largest absolute Gasteiger partial charge is 0.466 e. The van der Waals surface area contributed by atoms with Gasteiger partial charge in [0.15, 0.2) is 3.95 Å². The molecule has 0 unspecified atom stereocenters. The first-order chi connectivity index (χ1) is 12.5. The van der Waals surface area contributed by atoms with Crippen LogP contribution in [-0.2, 0) is 16.2 Å². The summed E-state index contributed by atoms with van der Waals surface area (Å²) < 4.78 is 7.71. The zero-order chi connectivity index (χ0) is 18.5. The number of piperidine rings is 1. The van der Waals surface area contributed by atoms with E-state index in [2.05, 4.69) is 34.4 Å². The van der Waals surface area contributed by atoms with Crippen molar-refractivity contribution in [3.8, 4) is 0 Å². The van der Waals surface area contributed by atoms with Crippen LogP contribution in [0, 0.1) is 16.8 Å². The van der Waals surface area contributed by atoms with Crippen molar-refractivity contribution in [1.82, 2.24) is 14.7 Å². The van der Waals surface area contributed by atoms with E-state index < -0.39 is 0 Å². The number of carbonyl (C=O) groups excluding carboxylic acids is 1. The van der Waals surface area contributed by atoms with Crippen molar-refractivity contribution in [1.29, 1.82) is 0 Å². The third-order valence-corrected chi connectivity index (χ3v) is 5.56. The van der Waals surface area contributed by atoms with E-state index in [1.54, 1.807) is 0 Å². The van der Waals surface area contributed by atoms with Crippen LogP contribution < -0.4 is 5.32 Å². The molecule has 0 bridgehead atoms. The van der Waals surface area contributed by atoms with Gasteiger partial charge in [0.25, 0.3) is 0 Å². The molecule has 2 heterocycles. The summed E-state index contributed by atoms with van der Waals surface area (Å²) in [6.07, 6.45) is 1.87. The summed E-state index contributed by atoms with van der Waals surface area (Å²) in [7, 11) is 0. The number of benzene rings is 1. The predicted octanol–water partition coefficient (Wildman–Crippen LogP) is 3.96. The maximum Gasteiger partial charge on any atom is 0.310 e. The molecule has 1 aliphatic rings. The molecule has 1 saturated heterocycles. The van der Waals surface area contributed by atoms with Crippen LogP contribution in [-0.4, -0.2) is 40.3 Å². The molecule has 1 aliphatic heterocycles. The van der Waals surface area contributed by atoms with Gasteiger partial charge in [-0.25, -0.2) is 4.68 Å². The summed E-state index contributed by atoms with van der Waals surface area (Å²) >= 11 is 6.92. The lowest BCUT2D eigenvalue weighted by Gasteiger charge is -2.31. The average Bonchev–Trinajstić information content (AvgIpc) is 2.94. The highest BCUT2D eigenvalue weighted by atomic mass is 32.1.